The van der Waals surface area contributed by atoms with Gasteiger partial charge in [-0.3, -0.25) is 0 Å². The zero-order chi connectivity index (χ0) is 13.9. The summed E-state index contributed by atoms with van der Waals surface area (Å²) in [5.41, 5.74) is 0. The van der Waals surface area contributed by atoms with Crippen LogP contribution in [-0.4, -0.2) is 34.7 Å². The third-order valence-electron chi connectivity index (χ3n) is 3.03. The molecule has 0 amide bonds. The van der Waals surface area contributed by atoms with Gasteiger partial charge in [0.25, 0.3) is 0 Å². The fourth-order valence-corrected chi connectivity index (χ4v) is 4.07. The summed E-state index contributed by atoms with van der Waals surface area (Å²) in [5.74, 6) is 0.347. The molecule has 1 aromatic rings. The molecule has 1 aromatic carbocycles. The molecule has 0 saturated carbocycles. The van der Waals surface area contributed by atoms with Gasteiger partial charge in [-0.2, -0.15) is 0 Å². The maximum Gasteiger partial charge on any atom is 0.244 e. The van der Waals surface area contributed by atoms with Gasteiger partial charge in [0.1, 0.15) is 10.6 Å². The van der Waals surface area contributed by atoms with Crippen molar-refractivity contribution in [3.63, 3.8) is 0 Å². The maximum absolute atomic E-state index is 12.4. The van der Waals surface area contributed by atoms with E-state index in [0.717, 1.165) is 19.4 Å². The molecule has 0 spiro atoms. The number of hydrogen-bond acceptors (Lipinski definition) is 4. The standard InChI is InChI=1S/C12H17BrN2O3S.ClH/c1-18-11-5-4-9(13)7-12(11)19(16,17)15-10-3-2-6-14-8-10;/h4-5,7,10,14-15H,2-3,6,8H2,1H3;1H. The van der Waals surface area contributed by atoms with Crippen LogP contribution in [0.25, 0.3) is 0 Å². The summed E-state index contributed by atoms with van der Waals surface area (Å²) < 4.78 is 33.3. The largest absolute Gasteiger partial charge is 0.495 e. The lowest BCUT2D eigenvalue weighted by Gasteiger charge is -2.24. The second kappa shape index (κ2) is 7.61. The van der Waals surface area contributed by atoms with E-state index in [1.54, 1.807) is 18.2 Å². The Morgan fingerprint density at radius 1 is 1.45 bits per heavy atom. The van der Waals surface area contributed by atoms with Crippen molar-refractivity contribution in [1.82, 2.24) is 10.0 Å². The lowest BCUT2D eigenvalue weighted by molar-refractivity contribution is 0.399. The first kappa shape index (κ1) is 17.7. The van der Waals surface area contributed by atoms with Gasteiger partial charge in [-0.05, 0) is 37.6 Å². The molecule has 1 aliphatic heterocycles. The van der Waals surface area contributed by atoms with Gasteiger partial charge >= 0.3 is 0 Å². The third-order valence-corrected chi connectivity index (χ3v) is 5.07. The van der Waals surface area contributed by atoms with Crippen molar-refractivity contribution >= 4 is 38.4 Å². The van der Waals surface area contributed by atoms with Crippen LogP contribution in [0.4, 0.5) is 0 Å². The molecule has 0 radical (unpaired) electrons. The minimum Gasteiger partial charge on any atom is -0.495 e. The average molecular weight is 386 g/mol. The van der Waals surface area contributed by atoms with Crippen LogP contribution in [0, 0.1) is 0 Å². The first-order chi connectivity index (χ1) is 9.03. The van der Waals surface area contributed by atoms with Crippen LogP contribution in [0.1, 0.15) is 12.8 Å². The number of sulfonamides is 1. The number of hydrogen-bond donors (Lipinski definition) is 2. The number of methoxy groups -OCH3 is 1. The summed E-state index contributed by atoms with van der Waals surface area (Å²) in [7, 11) is -2.11. The van der Waals surface area contributed by atoms with Crippen LogP contribution in [0.5, 0.6) is 5.75 Å². The molecule has 2 N–H and O–H groups in total. The topological polar surface area (TPSA) is 67.4 Å². The Kier molecular flexibility index (Phi) is 6.74. The minimum atomic E-state index is -3.57. The molecule has 114 valence electrons. The molecule has 1 aliphatic rings. The number of piperidine rings is 1. The van der Waals surface area contributed by atoms with Gasteiger partial charge in [-0.25, -0.2) is 13.1 Å². The maximum atomic E-state index is 12.4. The summed E-state index contributed by atoms with van der Waals surface area (Å²) in [5, 5.41) is 3.18. The van der Waals surface area contributed by atoms with Gasteiger partial charge in [0.2, 0.25) is 10.0 Å². The van der Waals surface area contributed by atoms with Crippen molar-refractivity contribution in [3.05, 3.63) is 22.7 Å². The SMILES string of the molecule is COc1ccc(Br)cc1S(=O)(=O)NC1CCCNC1.Cl. The Hall–Kier alpha value is -0.340. The molecular weight excluding hydrogens is 368 g/mol. The van der Waals surface area contributed by atoms with Crippen LogP contribution in [0.2, 0.25) is 0 Å². The van der Waals surface area contributed by atoms with E-state index in [1.165, 1.54) is 7.11 Å². The molecule has 0 aliphatic carbocycles. The highest BCUT2D eigenvalue weighted by molar-refractivity contribution is 9.10. The fraction of sp³-hybridized carbons (Fsp3) is 0.500. The van der Waals surface area contributed by atoms with E-state index < -0.39 is 10.0 Å². The monoisotopic (exact) mass is 384 g/mol. The molecular formula is C12H18BrClN2O3S. The van der Waals surface area contributed by atoms with Gasteiger partial charge in [-0.15, -0.1) is 12.4 Å². The average Bonchev–Trinajstić information content (AvgIpc) is 2.39. The second-order valence-electron chi connectivity index (χ2n) is 4.46. The smallest absolute Gasteiger partial charge is 0.244 e. The van der Waals surface area contributed by atoms with E-state index in [2.05, 4.69) is 26.0 Å². The quantitative estimate of drug-likeness (QED) is 0.831. The van der Waals surface area contributed by atoms with Gasteiger partial charge < -0.3 is 10.1 Å². The Labute approximate surface area is 134 Å². The lowest BCUT2D eigenvalue weighted by Crippen LogP contribution is -2.45. The number of halogens is 2. The van der Waals surface area contributed by atoms with Crippen molar-refractivity contribution in [2.45, 2.75) is 23.8 Å². The predicted molar refractivity (Wildman–Crippen MR) is 84.2 cm³/mol. The van der Waals surface area contributed by atoms with Crippen molar-refractivity contribution in [2.75, 3.05) is 20.2 Å². The molecule has 1 unspecified atom stereocenters. The Bertz CT molecular complexity index is 548. The van der Waals surface area contributed by atoms with Crippen molar-refractivity contribution in [3.8, 4) is 5.75 Å². The van der Waals surface area contributed by atoms with E-state index in [4.69, 9.17) is 4.74 Å². The van der Waals surface area contributed by atoms with E-state index >= 15 is 0 Å². The van der Waals surface area contributed by atoms with Gasteiger partial charge in [0, 0.05) is 17.1 Å². The minimum absolute atomic E-state index is 0. The molecule has 20 heavy (non-hydrogen) atoms. The summed E-state index contributed by atoms with van der Waals surface area (Å²) in [6, 6.07) is 4.87. The molecule has 1 saturated heterocycles. The molecule has 8 heteroatoms. The number of rotatable bonds is 4. The van der Waals surface area contributed by atoms with Crippen LogP contribution >= 0.6 is 28.3 Å². The first-order valence-electron chi connectivity index (χ1n) is 6.09. The van der Waals surface area contributed by atoms with Crippen LogP contribution < -0.4 is 14.8 Å². The van der Waals surface area contributed by atoms with Crippen molar-refractivity contribution in [1.29, 1.82) is 0 Å². The molecule has 5 nitrogen and oxygen atoms in total. The summed E-state index contributed by atoms with van der Waals surface area (Å²) >= 11 is 3.28. The van der Waals surface area contributed by atoms with Crippen LogP contribution in [0.3, 0.4) is 0 Å². The molecule has 1 atom stereocenters. The highest BCUT2D eigenvalue weighted by Gasteiger charge is 2.24. The van der Waals surface area contributed by atoms with Gasteiger partial charge in [0.05, 0.1) is 7.11 Å². The van der Waals surface area contributed by atoms with E-state index in [1.807, 2.05) is 0 Å². The second-order valence-corrected chi connectivity index (χ2v) is 7.06. The Morgan fingerprint density at radius 2 is 2.20 bits per heavy atom. The molecule has 0 aromatic heterocycles. The molecule has 0 bridgehead atoms. The Morgan fingerprint density at radius 3 is 2.80 bits per heavy atom. The first-order valence-corrected chi connectivity index (χ1v) is 8.37. The van der Waals surface area contributed by atoms with E-state index in [9.17, 15) is 8.42 Å². The predicted octanol–water partition coefficient (Wildman–Crippen LogP) is 1.91. The molecule has 1 fully saturated rings. The lowest BCUT2D eigenvalue weighted by atomic mass is 10.1. The number of benzene rings is 1. The summed E-state index contributed by atoms with van der Waals surface area (Å²) in [4.78, 5) is 0.162. The number of ether oxygens (including phenoxy) is 1. The van der Waals surface area contributed by atoms with Gasteiger partial charge in [-0.1, -0.05) is 15.9 Å². The van der Waals surface area contributed by atoms with E-state index in [-0.39, 0.29) is 23.3 Å². The third kappa shape index (κ3) is 4.33. The number of nitrogens with one attached hydrogen (secondary N) is 2. The van der Waals surface area contributed by atoms with Crippen LogP contribution in [-0.2, 0) is 10.0 Å². The summed E-state index contributed by atoms with van der Waals surface area (Å²) in [6.07, 6.45) is 1.82. The van der Waals surface area contributed by atoms with Crippen LogP contribution in [0.15, 0.2) is 27.6 Å². The Balaban J connectivity index is 0.00000200. The zero-order valence-corrected chi connectivity index (χ0v) is 14.3. The highest BCUT2D eigenvalue weighted by atomic mass is 79.9. The highest BCUT2D eigenvalue weighted by Crippen LogP contribution is 2.27. The summed E-state index contributed by atoms with van der Waals surface area (Å²) in [6.45, 7) is 1.61. The molecule has 1 heterocycles. The van der Waals surface area contributed by atoms with Crippen molar-refractivity contribution in [2.24, 2.45) is 0 Å². The normalized spacial score (nSPS) is 19.2. The zero-order valence-electron chi connectivity index (χ0n) is 11.1. The van der Waals surface area contributed by atoms with E-state index in [0.29, 0.717) is 16.8 Å². The van der Waals surface area contributed by atoms with Crippen molar-refractivity contribution < 1.29 is 13.2 Å². The molecule has 2 rings (SSSR count). The van der Waals surface area contributed by atoms with Gasteiger partial charge in [0.15, 0.2) is 0 Å². The fourth-order valence-electron chi connectivity index (χ4n) is 2.10.